The number of aryl methyl sites for hydroxylation is 1. The maximum Gasteiger partial charge on any atom is 0.0994 e. The first kappa shape index (κ1) is 23.3. The van der Waals surface area contributed by atoms with E-state index in [0.29, 0.717) is 6.42 Å². The molecule has 0 spiro atoms. The van der Waals surface area contributed by atoms with E-state index in [9.17, 15) is 9.65 Å². The number of likely N-dealkylation sites (tertiary alicyclic amines) is 1. The van der Waals surface area contributed by atoms with Gasteiger partial charge in [-0.05, 0) is 88.8 Å². The fourth-order valence-corrected chi connectivity index (χ4v) is 5.45. The van der Waals surface area contributed by atoms with Gasteiger partial charge in [-0.2, -0.15) is 5.26 Å². The van der Waals surface area contributed by atoms with Crippen molar-refractivity contribution >= 4 is 17.2 Å². The second kappa shape index (κ2) is 10.4. The summed E-state index contributed by atoms with van der Waals surface area (Å²) in [5, 5.41) is 9.63. The molecule has 1 heterocycles. The van der Waals surface area contributed by atoms with Crippen molar-refractivity contribution in [2.45, 2.75) is 32.6 Å². The summed E-state index contributed by atoms with van der Waals surface area (Å²) in [5.41, 5.74) is 12.1. The lowest BCUT2D eigenvalue weighted by Crippen LogP contribution is -2.40. The van der Waals surface area contributed by atoms with E-state index in [1.165, 1.54) is 44.5 Å². The first-order valence-electron chi connectivity index (χ1n) is 12.6. The minimum Gasteiger partial charge on any atom is -0.295 e. The number of nitrogens with zero attached hydrogens (tertiary/aromatic N) is 2. The van der Waals surface area contributed by atoms with Crippen molar-refractivity contribution in [2.24, 2.45) is 0 Å². The third-order valence-electron chi connectivity index (χ3n) is 7.27. The van der Waals surface area contributed by atoms with Gasteiger partial charge in [-0.3, -0.25) is 9.29 Å². The Morgan fingerprint density at radius 3 is 2.49 bits per heavy atom. The highest BCUT2D eigenvalue weighted by Gasteiger charge is 2.22. The molecule has 0 aromatic heterocycles. The Morgan fingerprint density at radius 2 is 1.71 bits per heavy atom. The molecule has 0 radical (unpaired) electrons. The molecule has 1 fully saturated rings. The molecule has 0 atom stereocenters. The minimum absolute atomic E-state index is 0.238. The number of alkyl halides is 1. The van der Waals surface area contributed by atoms with Gasteiger partial charge in [0.2, 0.25) is 0 Å². The molecule has 1 aliphatic heterocycles. The number of nitriles is 1. The quantitative estimate of drug-likeness (QED) is 0.387. The van der Waals surface area contributed by atoms with Crippen LogP contribution in [0.5, 0.6) is 0 Å². The van der Waals surface area contributed by atoms with Crippen molar-refractivity contribution in [1.29, 1.82) is 5.26 Å². The zero-order chi connectivity index (χ0) is 24.2. The van der Waals surface area contributed by atoms with Crippen LogP contribution in [0.25, 0.3) is 17.2 Å². The van der Waals surface area contributed by atoms with Gasteiger partial charge in [0.1, 0.15) is 0 Å². The summed E-state index contributed by atoms with van der Waals surface area (Å²) in [6.07, 6.45) is 6.03. The molecule has 1 saturated heterocycles. The van der Waals surface area contributed by atoms with Crippen molar-refractivity contribution in [3.8, 4) is 6.07 Å². The first-order chi connectivity index (χ1) is 17.2. The molecule has 0 bridgehead atoms. The monoisotopic (exact) mass is 462 g/mol. The zero-order valence-corrected chi connectivity index (χ0v) is 20.4. The summed E-state index contributed by atoms with van der Waals surface area (Å²) in [4.78, 5) is 2.29. The third kappa shape index (κ3) is 4.85. The smallest absolute Gasteiger partial charge is 0.0994 e. The standard InChI is InChI=1S/C32H31FN2/c1-23-28(20-34)9-5-11-29(23)31-12-4-8-26-7-2-3-10-30(26)32(31)27-15-13-24(14-16-27)19-25-21-35(22-25)18-6-17-33/h2-3,5,7,9-11,13-16,19H,4,6,8,12,17-18,21-22H2,1H3. The Bertz CT molecular complexity index is 1320. The Hall–Kier alpha value is -3.48. The van der Waals surface area contributed by atoms with Gasteiger partial charge in [0, 0.05) is 19.6 Å². The minimum atomic E-state index is -0.238. The molecule has 176 valence electrons. The van der Waals surface area contributed by atoms with Gasteiger partial charge in [-0.25, -0.2) is 0 Å². The van der Waals surface area contributed by atoms with Crippen molar-refractivity contribution in [3.63, 3.8) is 0 Å². The highest BCUT2D eigenvalue weighted by Crippen LogP contribution is 2.41. The number of fused-ring (bicyclic) bond motifs is 1. The van der Waals surface area contributed by atoms with Crippen molar-refractivity contribution in [2.75, 3.05) is 26.3 Å². The van der Waals surface area contributed by atoms with Crippen LogP contribution in [0.2, 0.25) is 0 Å². The fourth-order valence-electron chi connectivity index (χ4n) is 5.45. The van der Waals surface area contributed by atoms with E-state index >= 15 is 0 Å². The first-order valence-corrected chi connectivity index (χ1v) is 12.6. The summed E-state index contributed by atoms with van der Waals surface area (Å²) in [7, 11) is 0. The largest absolute Gasteiger partial charge is 0.295 e. The Balaban J connectivity index is 1.54. The third-order valence-corrected chi connectivity index (χ3v) is 7.27. The molecular formula is C32H31FN2. The van der Waals surface area contributed by atoms with Crippen molar-refractivity contribution in [1.82, 2.24) is 4.90 Å². The van der Waals surface area contributed by atoms with Crippen LogP contribution in [0, 0.1) is 18.3 Å². The van der Waals surface area contributed by atoms with E-state index in [1.54, 1.807) is 0 Å². The van der Waals surface area contributed by atoms with E-state index in [4.69, 9.17) is 0 Å². The van der Waals surface area contributed by atoms with Gasteiger partial charge in [-0.1, -0.05) is 66.7 Å². The normalized spacial score (nSPS) is 15.7. The molecule has 2 nitrogen and oxygen atoms in total. The van der Waals surface area contributed by atoms with E-state index in [2.05, 4.69) is 78.6 Å². The highest BCUT2D eigenvalue weighted by molar-refractivity contribution is 6.00. The molecule has 5 rings (SSSR count). The summed E-state index contributed by atoms with van der Waals surface area (Å²) in [6, 6.07) is 26.1. The van der Waals surface area contributed by atoms with Gasteiger partial charge in [0.05, 0.1) is 18.3 Å². The van der Waals surface area contributed by atoms with Gasteiger partial charge in [0.25, 0.3) is 0 Å². The summed E-state index contributed by atoms with van der Waals surface area (Å²) >= 11 is 0. The number of allylic oxidation sites excluding steroid dienone is 1. The molecule has 2 aliphatic rings. The zero-order valence-electron chi connectivity index (χ0n) is 20.4. The molecule has 3 aromatic rings. The highest BCUT2D eigenvalue weighted by atomic mass is 19.1. The van der Waals surface area contributed by atoms with E-state index in [0.717, 1.165) is 50.0 Å². The predicted molar refractivity (Wildman–Crippen MR) is 143 cm³/mol. The second-order valence-electron chi connectivity index (χ2n) is 9.63. The summed E-state index contributed by atoms with van der Waals surface area (Å²) in [6.45, 7) is 4.56. The summed E-state index contributed by atoms with van der Waals surface area (Å²) < 4.78 is 12.4. The maximum atomic E-state index is 12.4. The molecule has 0 saturated carbocycles. The fraction of sp³-hybridized carbons (Fsp3) is 0.281. The molecule has 3 heteroatoms. The summed E-state index contributed by atoms with van der Waals surface area (Å²) in [5.74, 6) is 0. The number of rotatable bonds is 6. The Morgan fingerprint density at radius 1 is 0.943 bits per heavy atom. The molecule has 0 amide bonds. The van der Waals surface area contributed by atoms with Gasteiger partial charge >= 0.3 is 0 Å². The average Bonchev–Trinajstić information content (AvgIpc) is 3.05. The molecular weight excluding hydrogens is 431 g/mol. The predicted octanol–water partition coefficient (Wildman–Crippen LogP) is 7.22. The van der Waals surface area contributed by atoms with E-state index in [1.807, 2.05) is 12.1 Å². The van der Waals surface area contributed by atoms with Gasteiger partial charge in [-0.15, -0.1) is 0 Å². The second-order valence-corrected chi connectivity index (χ2v) is 9.63. The maximum absolute atomic E-state index is 12.4. The van der Waals surface area contributed by atoms with Crippen LogP contribution < -0.4 is 0 Å². The topological polar surface area (TPSA) is 27.0 Å². The van der Waals surface area contributed by atoms with Crippen molar-refractivity contribution in [3.05, 3.63) is 111 Å². The van der Waals surface area contributed by atoms with Crippen LogP contribution in [-0.2, 0) is 6.42 Å². The van der Waals surface area contributed by atoms with Crippen LogP contribution in [0.4, 0.5) is 4.39 Å². The number of halogens is 1. The van der Waals surface area contributed by atoms with Crippen LogP contribution in [0.3, 0.4) is 0 Å². The van der Waals surface area contributed by atoms with Crippen LogP contribution >= 0.6 is 0 Å². The number of benzene rings is 3. The molecule has 0 unspecified atom stereocenters. The van der Waals surface area contributed by atoms with E-state index in [-0.39, 0.29) is 6.67 Å². The van der Waals surface area contributed by atoms with Crippen LogP contribution in [0.1, 0.15) is 58.2 Å². The van der Waals surface area contributed by atoms with Crippen LogP contribution in [-0.4, -0.2) is 31.2 Å². The lowest BCUT2D eigenvalue weighted by atomic mass is 9.85. The Labute approximate surface area is 208 Å². The molecule has 0 N–H and O–H groups in total. The van der Waals surface area contributed by atoms with Crippen LogP contribution in [0.15, 0.2) is 72.3 Å². The molecule has 1 aliphatic carbocycles. The number of hydrogen-bond donors (Lipinski definition) is 0. The van der Waals surface area contributed by atoms with Crippen molar-refractivity contribution < 1.29 is 4.39 Å². The van der Waals surface area contributed by atoms with E-state index < -0.39 is 0 Å². The SMILES string of the molecule is Cc1c(C#N)cccc1C1=C(c2ccc(C=C3CN(CCCF)C3)cc2)c2ccccc2CCC1. The number of hydrogen-bond acceptors (Lipinski definition) is 2. The molecule has 3 aromatic carbocycles. The lowest BCUT2D eigenvalue weighted by molar-refractivity contribution is 0.239. The Kier molecular flexibility index (Phi) is 6.93. The molecule has 35 heavy (non-hydrogen) atoms. The average molecular weight is 463 g/mol. The lowest BCUT2D eigenvalue weighted by Gasteiger charge is -2.33. The van der Waals surface area contributed by atoms with Gasteiger partial charge in [0.15, 0.2) is 0 Å². The van der Waals surface area contributed by atoms with Gasteiger partial charge < -0.3 is 0 Å².